The van der Waals surface area contributed by atoms with Crippen LogP contribution in [0.25, 0.3) is 22.7 Å². The lowest BCUT2D eigenvalue weighted by Gasteiger charge is -2.33. The van der Waals surface area contributed by atoms with Crippen LogP contribution in [0.5, 0.6) is 0 Å². The fourth-order valence-electron chi connectivity index (χ4n) is 4.28. The van der Waals surface area contributed by atoms with Gasteiger partial charge in [-0.3, -0.25) is 4.90 Å². The molecule has 1 aliphatic heterocycles. The molecule has 1 atom stereocenters. The van der Waals surface area contributed by atoms with Gasteiger partial charge in [-0.15, -0.1) is 0 Å². The first-order chi connectivity index (χ1) is 13.0. The van der Waals surface area contributed by atoms with E-state index in [1.165, 1.54) is 34.3 Å². The van der Waals surface area contributed by atoms with Gasteiger partial charge in [0.25, 0.3) is 0 Å². The van der Waals surface area contributed by atoms with Crippen LogP contribution >= 0.6 is 11.6 Å². The average Bonchev–Trinajstić information content (AvgIpc) is 2.95. The Balaban J connectivity index is 1.95. The maximum Gasteiger partial charge on any atom is 0.123 e. The van der Waals surface area contributed by atoms with Crippen LogP contribution in [-0.2, 0) is 6.42 Å². The van der Waals surface area contributed by atoms with Gasteiger partial charge in [0, 0.05) is 28.8 Å². The van der Waals surface area contributed by atoms with Crippen molar-refractivity contribution in [3.63, 3.8) is 0 Å². The van der Waals surface area contributed by atoms with Crippen molar-refractivity contribution >= 4 is 34.3 Å². The summed E-state index contributed by atoms with van der Waals surface area (Å²) in [5.74, 6) is -0.211. The van der Waals surface area contributed by atoms with Gasteiger partial charge in [-0.05, 0) is 73.8 Å². The molecule has 1 aromatic heterocycles. The first-order valence-corrected chi connectivity index (χ1v) is 9.84. The smallest absolute Gasteiger partial charge is 0.123 e. The van der Waals surface area contributed by atoms with Gasteiger partial charge < -0.3 is 4.57 Å². The van der Waals surface area contributed by atoms with Gasteiger partial charge in [0.2, 0.25) is 0 Å². The third-order valence-electron chi connectivity index (χ3n) is 5.68. The predicted octanol–water partition coefficient (Wildman–Crippen LogP) is 6.39. The number of hydrogen-bond donors (Lipinski definition) is 0. The van der Waals surface area contributed by atoms with Crippen molar-refractivity contribution in [3.05, 3.63) is 70.1 Å². The highest BCUT2D eigenvalue weighted by Crippen LogP contribution is 2.39. The Labute approximate surface area is 164 Å². The zero-order valence-electron chi connectivity index (χ0n) is 16.0. The number of rotatable bonds is 3. The molecule has 0 fully saturated rings. The SMILES string of the molecule is CCC1c2c(c3cc(Cl)ccc3n2/C=C(\C)c2ccc(F)cc2)CCN1C. The summed E-state index contributed by atoms with van der Waals surface area (Å²) in [6.07, 6.45) is 4.26. The maximum atomic E-state index is 13.3. The number of allylic oxidation sites excluding steroid dienone is 1. The maximum absolute atomic E-state index is 13.3. The lowest BCUT2D eigenvalue weighted by molar-refractivity contribution is 0.220. The highest BCUT2D eigenvalue weighted by molar-refractivity contribution is 6.31. The van der Waals surface area contributed by atoms with E-state index in [-0.39, 0.29) is 5.82 Å². The van der Waals surface area contributed by atoms with Crippen LogP contribution in [-0.4, -0.2) is 23.1 Å². The lowest BCUT2D eigenvalue weighted by atomic mass is 9.96. The molecule has 2 nitrogen and oxygen atoms in total. The summed E-state index contributed by atoms with van der Waals surface area (Å²) >= 11 is 6.32. The van der Waals surface area contributed by atoms with E-state index in [0.29, 0.717) is 6.04 Å². The van der Waals surface area contributed by atoms with Crippen LogP contribution in [0.15, 0.2) is 42.5 Å². The highest BCUT2D eigenvalue weighted by atomic mass is 35.5. The Morgan fingerprint density at radius 3 is 2.67 bits per heavy atom. The van der Waals surface area contributed by atoms with Crippen molar-refractivity contribution in [2.45, 2.75) is 32.7 Å². The van der Waals surface area contributed by atoms with Crippen molar-refractivity contribution in [2.24, 2.45) is 0 Å². The van der Waals surface area contributed by atoms with Gasteiger partial charge in [-0.2, -0.15) is 0 Å². The molecule has 0 saturated heterocycles. The Morgan fingerprint density at radius 2 is 1.96 bits per heavy atom. The average molecular weight is 383 g/mol. The second kappa shape index (κ2) is 7.14. The Kier molecular flexibility index (Phi) is 4.83. The summed E-state index contributed by atoms with van der Waals surface area (Å²) in [6, 6.07) is 13.2. The quantitative estimate of drug-likeness (QED) is 0.509. The molecule has 2 aromatic carbocycles. The Hall–Kier alpha value is -2.10. The van der Waals surface area contributed by atoms with Gasteiger partial charge in [0.05, 0.1) is 11.6 Å². The number of benzene rings is 2. The number of nitrogens with zero attached hydrogens (tertiary/aromatic N) is 2. The third-order valence-corrected chi connectivity index (χ3v) is 5.92. The molecule has 0 aliphatic carbocycles. The lowest BCUT2D eigenvalue weighted by Crippen LogP contribution is -2.32. The molecule has 0 saturated carbocycles. The molecule has 0 N–H and O–H groups in total. The van der Waals surface area contributed by atoms with Crippen molar-refractivity contribution in [1.82, 2.24) is 9.47 Å². The molecule has 1 unspecified atom stereocenters. The zero-order valence-corrected chi connectivity index (χ0v) is 16.7. The van der Waals surface area contributed by atoms with Gasteiger partial charge in [-0.1, -0.05) is 30.7 Å². The monoisotopic (exact) mass is 382 g/mol. The summed E-state index contributed by atoms with van der Waals surface area (Å²) in [5.41, 5.74) is 6.07. The van der Waals surface area contributed by atoms with Gasteiger partial charge in [0.1, 0.15) is 5.82 Å². The summed E-state index contributed by atoms with van der Waals surface area (Å²) in [6.45, 7) is 5.37. The molecule has 140 valence electrons. The summed E-state index contributed by atoms with van der Waals surface area (Å²) in [7, 11) is 2.20. The number of likely N-dealkylation sites (N-methyl/N-ethyl adjacent to an activating group) is 1. The van der Waals surface area contributed by atoms with Crippen LogP contribution in [0.2, 0.25) is 5.02 Å². The van der Waals surface area contributed by atoms with Crippen molar-refractivity contribution in [3.8, 4) is 0 Å². The van der Waals surface area contributed by atoms with E-state index in [4.69, 9.17) is 11.6 Å². The van der Waals surface area contributed by atoms with Gasteiger partial charge >= 0.3 is 0 Å². The Morgan fingerprint density at radius 1 is 1.22 bits per heavy atom. The molecule has 0 radical (unpaired) electrons. The third kappa shape index (κ3) is 3.19. The zero-order chi connectivity index (χ0) is 19.1. The normalized spacial score (nSPS) is 18.1. The van der Waals surface area contributed by atoms with Crippen molar-refractivity contribution in [1.29, 1.82) is 0 Å². The molecule has 0 bridgehead atoms. The minimum absolute atomic E-state index is 0.211. The second-order valence-electron chi connectivity index (χ2n) is 7.37. The van der Waals surface area contributed by atoms with E-state index < -0.39 is 0 Å². The van der Waals surface area contributed by atoms with Crippen LogP contribution in [0.3, 0.4) is 0 Å². The van der Waals surface area contributed by atoms with E-state index in [1.807, 2.05) is 18.2 Å². The number of fused-ring (bicyclic) bond motifs is 3. The molecule has 0 spiro atoms. The molecule has 27 heavy (non-hydrogen) atoms. The molecule has 1 aliphatic rings. The van der Waals surface area contributed by atoms with E-state index >= 15 is 0 Å². The first kappa shape index (κ1) is 18.3. The van der Waals surface area contributed by atoms with Crippen molar-refractivity contribution in [2.75, 3.05) is 13.6 Å². The predicted molar refractivity (Wildman–Crippen MR) is 113 cm³/mol. The summed E-state index contributed by atoms with van der Waals surface area (Å²) in [4.78, 5) is 2.43. The molecule has 3 aromatic rings. The van der Waals surface area contributed by atoms with Gasteiger partial charge in [0.15, 0.2) is 0 Å². The molecule has 4 heteroatoms. The van der Waals surface area contributed by atoms with Gasteiger partial charge in [-0.25, -0.2) is 4.39 Å². The van der Waals surface area contributed by atoms with Crippen LogP contribution < -0.4 is 0 Å². The van der Waals surface area contributed by atoms with Crippen LogP contribution in [0.4, 0.5) is 4.39 Å². The molecular formula is C23H24ClFN2. The van der Waals surface area contributed by atoms with Crippen molar-refractivity contribution < 1.29 is 4.39 Å². The summed E-state index contributed by atoms with van der Waals surface area (Å²) in [5, 5.41) is 2.01. The van der Waals surface area contributed by atoms with Crippen LogP contribution in [0.1, 0.15) is 43.1 Å². The molecule has 0 amide bonds. The van der Waals surface area contributed by atoms with Crippen LogP contribution in [0, 0.1) is 5.82 Å². The standard InChI is InChI=1S/C23H24ClFN2/c1-4-21-23-19(11-12-26(21)3)20-13-17(24)7-10-22(20)27(23)14-15(2)16-5-8-18(25)9-6-16/h5-10,13-14,21H,4,11-12H2,1-3H3/b15-14+. The number of halogens is 2. The van der Waals surface area contributed by atoms with E-state index in [0.717, 1.165) is 35.5 Å². The largest absolute Gasteiger partial charge is 0.318 e. The number of hydrogen-bond acceptors (Lipinski definition) is 1. The van der Waals surface area contributed by atoms with E-state index in [2.05, 4.69) is 48.7 Å². The summed E-state index contributed by atoms with van der Waals surface area (Å²) < 4.78 is 15.6. The Bertz CT molecular complexity index is 1020. The minimum atomic E-state index is -0.211. The second-order valence-corrected chi connectivity index (χ2v) is 7.81. The number of aromatic nitrogens is 1. The molecule has 4 rings (SSSR count). The first-order valence-electron chi connectivity index (χ1n) is 9.46. The molecule has 2 heterocycles. The fourth-order valence-corrected chi connectivity index (χ4v) is 4.45. The minimum Gasteiger partial charge on any atom is -0.318 e. The van der Waals surface area contributed by atoms with E-state index in [1.54, 1.807) is 0 Å². The molecular weight excluding hydrogens is 359 g/mol. The topological polar surface area (TPSA) is 8.17 Å². The van der Waals surface area contributed by atoms with E-state index in [9.17, 15) is 4.39 Å². The fraction of sp³-hybridized carbons (Fsp3) is 0.304. The highest BCUT2D eigenvalue weighted by Gasteiger charge is 2.29.